The Labute approximate surface area is 294 Å². The van der Waals surface area contributed by atoms with Gasteiger partial charge in [0.2, 0.25) is 11.8 Å². The number of imidazole rings is 1. The van der Waals surface area contributed by atoms with Crippen molar-refractivity contribution in [2.45, 2.75) is 20.3 Å². The van der Waals surface area contributed by atoms with Gasteiger partial charge in [-0.05, 0) is 68.0 Å². The van der Waals surface area contributed by atoms with Gasteiger partial charge >= 0.3 is 0 Å². The number of aromatic nitrogens is 4. The molecule has 0 aliphatic carbocycles. The number of thioether (sulfide) groups is 1. The smallest absolute Gasteiger partial charge is 0.239 e. The number of hydrogen-bond acceptors (Lipinski definition) is 9. The number of hydrogen-bond donors (Lipinski definition) is 4. The summed E-state index contributed by atoms with van der Waals surface area (Å²) < 4.78 is 36.9. The van der Waals surface area contributed by atoms with Crippen molar-refractivity contribution in [1.29, 1.82) is 0 Å². The van der Waals surface area contributed by atoms with Crippen LogP contribution in [0.1, 0.15) is 17.0 Å². The van der Waals surface area contributed by atoms with Crippen molar-refractivity contribution in [2.75, 3.05) is 36.5 Å². The first-order valence-corrected chi connectivity index (χ1v) is 16.4. The number of methoxy groups -OCH3 is 2. The zero-order valence-electron chi connectivity index (χ0n) is 26.8. The van der Waals surface area contributed by atoms with Gasteiger partial charge in [0, 0.05) is 41.3 Å². The van der Waals surface area contributed by atoms with Crippen molar-refractivity contribution < 1.29 is 27.8 Å². The van der Waals surface area contributed by atoms with Gasteiger partial charge in [-0.15, -0.1) is 23.4 Å². The van der Waals surface area contributed by atoms with Gasteiger partial charge in [0.15, 0.2) is 27.9 Å². The minimum absolute atomic E-state index is 0.133. The van der Waals surface area contributed by atoms with Crippen molar-refractivity contribution in [2.24, 2.45) is 4.99 Å². The molecule has 0 saturated heterocycles. The van der Waals surface area contributed by atoms with Gasteiger partial charge in [0.1, 0.15) is 5.88 Å². The van der Waals surface area contributed by atoms with Crippen LogP contribution in [0.4, 0.5) is 25.8 Å². The van der Waals surface area contributed by atoms with Crippen molar-refractivity contribution in [3.63, 3.8) is 0 Å². The highest BCUT2D eigenvalue weighted by molar-refractivity contribution is 8.14. The summed E-state index contributed by atoms with van der Waals surface area (Å²) in [5, 5.41) is 5.97. The fraction of sp³-hybridized carbons (Fsp3) is 0.212. The number of nitrogens with one attached hydrogen (secondary N) is 4. The number of amides is 2. The van der Waals surface area contributed by atoms with E-state index in [1.165, 1.54) is 56.3 Å². The Kier molecular flexibility index (Phi) is 13.2. The van der Waals surface area contributed by atoms with Gasteiger partial charge in [-0.2, -0.15) is 0 Å². The third kappa shape index (κ3) is 10.8. The summed E-state index contributed by atoms with van der Waals surface area (Å²) in [4.78, 5) is 41.7. The second-order valence-electron chi connectivity index (χ2n) is 10.3. The summed E-state index contributed by atoms with van der Waals surface area (Å²) >= 11 is 11.6. The van der Waals surface area contributed by atoms with E-state index in [2.05, 4.69) is 35.6 Å². The number of carbonyl (C=O) groups excluding carboxylic acids is 2. The molecule has 1 aliphatic heterocycles. The van der Waals surface area contributed by atoms with Gasteiger partial charge in [0.25, 0.3) is 0 Å². The Balaban J connectivity index is 0.000000183. The van der Waals surface area contributed by atoms with E-state index in [1.807, 2.05) is 26.0 Å². The number of rotatable bonds is 7. The van der Waals surface area contributed by atoms with Gasteiger partial charge in [-0.25, -0.2) is 13.8 Å². The lowest BCUT2D eigenvalue weighted by molar-refractivity contribution is -0.114. The molecule has 0 saturated carbocycles. The van der Waals surface area contributed by atoms with Crippen LogP contribution in [0.2, 0.25) is 0 Å². The fourth-order valence-corrected chi connectivity index (χ4v) is 5.42. The molecule has 49 heavy (non-hydrogen) atoms. The molecule has 4 N–H and O–H groups in total. The number of anilines is 2. The Morgan fingerprint density at radius 3 is 2.04 bits per heavy atom. The molecule has 4 heterocycles. The molecule has 11 nitrogen and oxygen atoms in total. The number of nitrogens with zero attached hydrogens (tertiary/aromatic N) is 3. The van der Waals surface area contributed by atoms with Crippen LogP contribution in [0.5, 0.6) is 11.5 Å². The number of alkyl halides is 1. The summed E-state index contributed by atoms with van der Waals surface area (Å²) in [6.07, 6.45) is 4.24. The van der Waals surface area contributed by atoms with E-state index in [4.69, 9.17) is 33.3 Å². The molecule has 0 atom stereocenters. The normalized spacial score (nSPS) is 11.3. The summed E-state index contributed by atoms with van der Waals surface area (Å²) in [5.74, 6) is -1.30. The number of aliphatic imine (C=N–C) groups is 1. The average Bonchev–Trinajstić information content (AvgIpc) is 3.65. The van der Waals surface area contributed by atoms with Crippen LogP contribution >= 0.6 is 35.6 Å². The van der Waals surface area contributed by atoms with Gasteiger partial charge in [-0.3, -0.25) is 19.6 Å². The third-order valence-corrected chi connectivity index (χ3v) is 8.01. The molecule has 0 radical (unpaired) electrons. The van der Waals surface area contributed by atoms with E-state index in [-0.39, 0.29) is 34.9 Å². The quantitative estimate of drug-likeness (QED) is 0.100. The maximum atomic E-state index is 13.6. The Morgan fingerprint density at radius 2 is 1.45 bits per heavy atom. The number of carbonyl (C=O) groups is 2. The number of fused-ring (bicyclic) bond motifs is 2. The van der Waals surface area contributed by atoms with Crippen LogP contribution in [0.3, 0.4) is 0 Å². The van der Waals surface area contributed by atoms with Crippen LogP contribution in [0, 0.1) is 30.3 Å². The molecule has 0 fully saturated rings. The van der Waals surface area contributed by atoms with E-state index in [0.29, 0.717) is 22.6 Å². The molecule has 0 unspecified atom stereocenters. The Bertz CT molecular complexity index is 2060. The van der Waals surface area contributed by atoms with E-state index in [9.17, 15) is 18.4 Å². The van der Waals surface area contributed by atoms with E-state index >= 15 is 0 Å². The van der Waals surface area contributed by atoms with Gasteiger partial charge in [-0.1, -0.05) is 0 Å². The van der Waals surface area contributed by atoms with E-state index in [1.54, 1.807) is 18.5 Å². The van der Waals surface area contributed by atoms with Crippen LogP contribution in [-0.4, -0.2) is 62.6 Å². The monoisotopic (exact) mass is 727 g/mol. The fourth-order valence-electron chi connectivity index (χ4n) is 4.34. The molecule has 3 aromatic heterocycles. The molecule has 16 heteroatoms. The van der Waals surface area contributed by atoms with Crippen LogP contribution in [0.25, 0.3) is 11.0 Å². The lowest BCUT2D eigenvalue weighted by Gasteiger charge is -2.07. The van der Waals surface area contributed by atoms with Crippen LogP contribution in [-0.2, 0) is 16.0 Å². The minimum atomic E-state index is -0.528. The predicted octanol–water partition coefficient (Wildman–Crippen LogP) is 7.44. The largest absolute Gasteiger partial charge is 0.494 e. The Hall–Kier alpha value is -4.86. The Morgan fingerprint density at radius 1 is 0.878 bits per heavy atom. The molecule has 1 aliphatic rings. The first kappa shape index (κ1) is 37.0. The highest BCUT2D eigenvalue weighted by Gasteiger charge is 2.17. The van der Waals surface area contributed by atoms with Crippen molar-refractivity contribution >= 4 is 80.5 Å². The van der Waals surface area contributed by atoms with Crippen LogP contribution < -0.4 is 20.1 Å². The number of pyridine rings is 2. The van der Waals surface area contributed by atoms with Crippen LogP contribution in [0.15, 0.2) is 65.9 Å². The molecule has 2 amide bonds. The second kappa shape index (κ2) is 17.5. The lowest BCUT2D eigenvalue weighted by atomic mass is 10.2. The van der Waals surface area contributed by atoms with E-state index in [0.717, 1.165) is 38.7 Å². The standard InChI is InChI=1S/C17H16FN3O2S.C9H9ClFNO2.C7H7N3S/c1-10-5-11-6-17(21-14(11)8-19-10)24-9-16(22)20-12-3-4-15(23-2)13(18)7-12;1-14-8-3-2-6(4-7(8)11)12-9(13)5-10;1-4-2-5-6(3-8-4)10-7(11)9-5/h3-5,7-8H,6,9H2,1-2H3,(H,20,22);2-4H,5H2,1H3,(H,12,13);2-3H,1H3,(H2,9,10,11). The molecular formula is C33H32ClF2N7O4S2. The average molecular weight is 728 g/mol. The summed E-state index contributed by atoms with van der Waals surface area (Å²) in [7, 11) is 2.76. The summed E-state index contributed by atoms with van der Waals surface area (Å²) in [5.41, 5.74) is 6.66. The third-order valence-electron chi connectivity index (χ3n) is 6.59. The highest BCUT2D eigenvalue weighted by Crippen LogP contribution is 2.30. The number of benzene rings is 2. The number of halogens is 3. The van der Waals surface area contributed by atoms with E-state index < -0.39 is 11.6 Å². The number of aryl methyl sites for hydroxylation is 2. The first-order valence-electron chi connectivity index (χ1n) is 14.5. The highest BCUT2D eigenvalue weighted by atomic mass is 35.5. The topological polar surface area (TPSA) is 146 Å². The van der Waals surface area contributed by atoms with Gasteiger partial charge < -0.3 is 30.1 Å². The molecule has 6 rings (SSSR count). The number of H-pyrrole nitrogens is 2. The first-order chi connectivity index (χ1) is 23.5. The molecule has 0 bridgehead atoms. The molecule has 2 aromatic carbocycles. The van der Waals surface area contributed by atoms with Crippen molar-refractivity contribution in [1.82, 2.24) is 19.9 Å². The van der Waals surface area contributed by atoms with Crippen molar-refractivity contribution in [3.8, 4) is 11.5 Å². The zero-order valence-corrected chi connectivity index (χ0v) is 29.2. The molecule has 256 valence electrons. The second-order valence-corrected chi connectivity index (χ2v) is 12.0. The lowest BCUT2D eigenvalue weighted by Crippen LogP contribution is -2.15. The predicted molar refractivity (Wildman–Crippen MR) is 192 cm³/mol. The number of aromatic amines is 2. The maximum absolute atomic E-state index is 13.6. The molecular weight excluding hydrogens is 696 g/mol. The number of ether oxygens (including phenoxy) is 2. The summed E-state index contributed by atoms with van der Waals surface area (Å²) in [6, 6.07) is 12.4. The molecule has 5 aromatic rings. The molecule has 0 spiro atoms. The zero-order chi connectivity index (χ0) is 35.5. The SMILES string of the molecule is COc1ccc(NC(=O)CCl)cc1F.COc1ccc(NC(=O)CSC2=Nc3cnc(C)cc3C2)cc1F.Cc1cc2[nH]c(=S)[nH]c2cn1. The summed E-state index contributed by atoms with van der Waals surface area (Å²) in [6.45, 7) is 3.89. The van der Waals surface area contributed by atoms with Gasteiger partial charge in [0.05, 0.1) is 54.1 Å². The minimum Gasteiger partial charge on any atom is -0.494 e. The van der Waals surface area contributed by atoms with Crippen molar-refractivity contribution in [3.05, 3.63) is 94.3 Å². The maximum Gasteiger partial charge on any atom is 0.239 e.